The average molecular weight is 459 g/mol. The van der Waals surface area contributed by atoms with Crippen molar-refractivity contribution in [2.75, 3.05) is 13.1 Å². The highest BCUT2D eigenvalue weighted by molar-refractivity contribution is 5.99. The fraction of sp³-hybridized carbons (Fsp3) is 0.640. The summed E-state index contributed by atoms with van der Waals surface area (Å²) in [6.07, 6.45) is 7.61. The van der Waals surface area contributed by atoms with Gasteiger partial charge in [-0.1, -0.05) is 25.3 Å². The third kappa shape index (κ3) is 5.54. The summed E-state index contributed by atoms with van der Waals surface area (Å²) in [5.74, 6) is -1.42. The van der Waals surface area contributed by atoms with E-state index in [-0.39, 0.29) is 35.4 Å². The Morgan fingerprint density at radius 2 is 1.61 bits per heavy atom. The normalized spacial score (nSPS) is 26.7. The number of rotatable bonds is 4. The summed E-state index contributed by atoms with van der Waals surface area (Å²) in [6, 6.07) is 5.63. The van der Waals surface area contributed by atoms with Crippen molar-refractivity contribution >= 4 is 17.7 Å². The van der Waals surface area contributed by atoms with Gasteiger partial charge >= 0.3 is 0 Å². The van der Waals surface area contributed by atoms with Crippen molar-refractivity contribution in [3.05, 3.63) is 35.6 Å². The Morgan fingerprint density at radius 3 is 2.30 bits per heavy atom. The molecule has 8 heteroatoms. The van der Waals surface area contributed by atoms with Gasteiger partial charge in [-0.2, -0.15) is 0 Å². The minimum Gasteiger partial charge on any atom is -0.350 e. The van der Waals surface area contributed by atoms with Gasteiger partial charge in [-0.3, -0.25) is 14.4 Å². The maximum Gasteiger partial charge on any atom is 0.264 e. The van der Waals surface area contributed by atoms with Gasteiger partial charge in [0, 0.05) is 36.7 Å². The number of amides is 3. The van der Waals surface area contributed by atoms with Crippen LogP contribution in [-0.2, 0) is 9.59 Å². The minimum absolute atomic E-state index is 0.0167. The molecule has 180 valence electrons. The van der Waals surface area contributed by atoms with Gasteiger partial charge < -0.3 is 20.9 Å². The van der Waals surface area contributed by atoms with Gasteiger partial charge in [-0.05, 0) is 63.1 Å². The molecule has 7 nitrogen and oxygen atoms in total. The van der Waals surface area contributed by atoms with Crippen LogP contribution in [0.1, 0.15) is 74.6 Å². The van der Waals surface area contributed by atoms with Crippen molar-refractivity contribution in [2.24, 2.45) is 11.7 Å². The van der Waals surface area contributed by atoms with E-state index in [1.54, 1.807) is 11.0 Å². The summed E-state index contributed by atoms with van der Waals surface area (Å²) in [7, 11) is 0. The molecule has 1 unspecified atom stereocenters. The highest BCUT2D eigenvalue weighted by atomic mass is 19.1. The van der Waals surface area contributed by atoms with Crippen molar-refractivity contribution in [1.29, 1.82) is 0 Å². The first-order valence-corrected chi connectivity index (χ1v) is 12.4. The van der Waals surface area contributed by atoms with Gasteiger partial charge in [0.1, 0.15) is 5.82 Å². The molecule has 0 aromatic heterocycles. The Labute approximate surface area is 194 Å². The third-order valence-electron chi connectivity index (χ3n) is 7.31. The zero-order valence-electron chi connectivity index (χ0n) is 19.2. The lowest BCUT2D eigenvalue weighted by molar-refractivity contribution is -0.153. The van der Waals surface area contributed by atoms with Crippen LogP contribution in [0.5, 0.6) is 0 Å². The van der Waals surface area contributed by atoms with E-state index < -0.39 is 17.9 Å². The van der Waals surface area contributed by atoms with Crippen LogP contribution in [0.2, 0.25) is 0 Å². The lowest BCUT2D eigenvalue weighted by Crippen LogP contribution is -2.65. The van der Waals surface area contributed by atoms with Gasteiger partial charge in [0.25, 0.3) is 11.8 Å². The minimum atomic E-state index is -1.01. The van der Waals surface area contributed by atoms with Crippen LogP contribution < -0.4 is 11.1 Å². The smallest absolute Gasteiger partial charge is 0.264 e. The molecule has 2 aliphatic carbocycles. The first-order valence-electron chi connectivity index (χ1n) is 12.4. The van der Waals surface area contributed by atoms with E-state index in [1.165, 1.54) is 23.1 Å². The summed E-state index contributed by atoms with van der Waals surface area (Å²) in [5.41, 5.74) is 6.19. The van der Waals surface area contributed by atoms with Gasteiger partial charge in [0.05, 0.1) is 0 Å². The molecule has 3 amide bonds. The van der Waals surface area contributed by atoms with Crippen LogP contribution in [0.3, 0.4) is 0 Å². The second kappa shape index (κ2) is 10.6. The van der Waals surface area contributed by atoms with Crippen LogP contribution in [0.15, 0.2) is 24.3 Å². The Morgan fingerprint density at radius 1 is 0.909 bits per heavy atom. The summed E-state index contributed by atoms with van der Waals surface area (Å²) >= 11 is 0. The number of nitrogens with two attached hydrogens (primary N) is 1. The molecule has 4 rings (SSSR count). The second-order valence-electron chi connectivity index (χ2n) is 9.72. The molecule has 1 aliphatic heterocycles. The van der Waals surface area contributed by atoms with Crippen molar-refractivity contribution in [2.45, 2.75) is 82.5 Å². The number of carbonyl (C=O) groups is 3. The molecule has 1 saturated heterocycles. The van der Waals surface area contributed by atoms with E-state index in [0.29, 0.717) is 19.5 Å². The molecule has 1 atom stereocenters. The monoisotopic (exact) mass is 458 g/mol. The fourth-order valence-corrected chi connectivity index (χ4v) is 5.46. The van der Waals surface area contributed by atoms with Crippen molar-refractivity contribution < 1.29 is 18.8 Å². The van der Waals surface area contributed by atoms with E-state index in [4.69, 9.17) is 5.73 Å². The number of hydrogen-bond acceptors (Lipinski definition) is 4. The molecule has 0 spiro atoms. The van der Waals surface area contributed by atoms with E-state index in [9.17, 15) is 18.8 Å². The molecular weight excluding hydrogens is 423 g/mol. The van der Waals surface area contributed by atoms with Crippen LogP contribution in [0.25, 0.3) is 0 Å². The predicted molar refractivity (Wildman–Crippen MR) is 123 cm³/mol. The zero-order valence-corrected chi connectivity index (χ0v) is 19.2. The lowest BCUT2D eigenvalue weighted by atomic mass is 9.87. The number of nitrogens with zero attached hydrogens (tertiary/aromatic N) is 2. The standard InChI is InChI=1S/C25H35FN4O3/c26-19-9-4-8-18(16-19)25(33)30-15-5-14-29(24(32)17-6-2-1-3-7-17)23(30)22(31)28-21-12-10-20(27)11-13-21/h4,8-9,16-17,20-21,23H,1-3,5-7,10-15,27H2,(H,28,31). The number of benzene rings is 1. The first-order chi connectivity index (χ1) is 15.9. The molecule has 3 N–H and O–H groups in total. The van der Waals surface area contributed by atoms with E-state index in [2.05, 4.69) is 5.32 Å². The lowest BCUT2D eigenvalue weighted by Gasteiger charge is -2.44. The van der Waals surface area contributed by atoms with Crippen LogP contribution >= 0.6 is 0 Å². The number of nitrogens with one attached hydrogen (secondary N) is 1. The molecule has 3 fully saturated rings. The Balaban J connectivity index is 1.58. The molecule has 1 aromatic rings. The quantitative estimate of drug-likeness (QED) is 0.725. The summed E-state index contributed by atoms with van der Waals surface area (Å²) in [5, 5.41) is 3.09. The van der Waals surface area contributed by atoms with Gasteiger partial charge in [-0.15, -0.1) is 0 Å². The molecule has 1 aromatic carbocycles. The highest BCUT2D eigenvalue weighted by Crippen LogP contribution is 2.29. The zero-order chi connectivity index (χ0) is 23.4. The Kier molecular flexibility index (Phi) is 7.63. The van der Waals surface area contributed by atoms with Gasteiger partial charge in [-0.25, -0.2) is 4.39 Å². The predicted octanol–water partition coefficient (Wildman–Crippen LogP) is 2.79. The molecule has 2 saturated carbocycles. The van der Waals surface area contributed by atoms with E-state index >= 15 is 0 Å². The maximum absolute atomic E-state index is 13.8. The molecule has 0 radical (unpaired) electrons. The van der Waals surface area contributed by atoms with E-state index in [1.807, 2.05) is 0 Å². The van der Waals surface area contributed by atoms with Crippen LogP contribution in [0.4, 0.5) is 4.39 Å². The number of carbonyl (C=O) groups excluding carboxylic acids is 3. The van der Waals surface area contributed by atoms with Crippen molar-refractivity contribution in [3.63, 3.8) is 0 Å². The van der Waals surface area contributed by atoms with Crippen molar-refractivity contribution in [1.82, 2.24) is 15.1 Å². The third-order valence-corrected chi connectivity index (χ3v) is 7.31. The van der Waals surface area contributed by atoms with E-state index in [0.717, 1.165) is 57.8 Å². The van der Waals surface area contributed by atoms with Crippen LogP contribution in [0, 0.1) is 11.7 Å². The molecular formula is C25H35FN4O3. The SMILES string of the molecule is NC1CCC(NC(=O)C2N(C(=O)c3cccc(F)c3)CCCN2C(=O)C2CCCCC2)CC1. The van der Waals surface area contributed by atoms with Gasteiger partial charge in [0.15, 0.2) is 6.17 Å². The largest absolute Gasteiger partial charge is 0.350 e. The number of hydrogen-bond donors (Lipinski definition) is 2. The Bertz CT molecular complexity index is 865. The second-order valence-corrected chi connectivity index (χ2v) is 9.72. The fourth-order valence-electron chi connectivity index (χ4n) is 5.46. The molecule has 0 bridgehead atoms. The molecule has 33 heavy (non-hydrogen) atoms. The highest BCUT2D eigenvalue weighted by Gasteiger charge is 2.43. The number of halogens is 1. The summed E-state index contributed by atoms with van der Waals surface area (Å²) < 4.78 is 13.8. The first kappa shape index (κ1) is 23.7. The summed E-state index contributed by atoms with van der Waals surface area (Å²) in [6.45, 7) is 0.785. The van der Waals surface area contributed by atoms with Gasteiger partial charge in [0.2, 0.25) is 5.91 Å². The molecule has 1 heterocycles. The topological polar surface area (TPSA) is 95.7 Å². The van der Waals surface area contributed by atoms with Crippen molar-refractivity contribution in [3.8, 4) is 0 Å². The molecule has 3 aliphatic rings. The van der Waals surface area contributed by atoms with Crippen LogP contribution in [-0.4, -0.2) is 58.9 Å². The summed E-state index contributed by atoms with van der Waals surface area (Å²) in [4.78, 5) is 43.5. The average Bonchev–Trinajstić information content (AvgIpc) is 2.84. The Hall–Kier alpha value is -2.48. The maximum atomic E-state index is 13.8.